The molecule has 0 fully saturated rings. The second-order valence-electron chi connectivity index (χ2n) is 5.19. The van der Waals surface area contributed by atoms with Crippen LogP contribution in [0.15, 0.2) is 30.3 Å². The van der Waals surface area contributed by atoms with E-state index in [0.717, 1.165) is 36.9 Å². The number of nitrogen functional groups attached to an aromatic ring is 1. The lowest BCUT2D eigenvalue weighted by molar-refractivity contribution is 0.0997. The van der Waals surface area contributed by atoms with E-state index >= 15 is 0 Å². The highest BCUT2D eigenvalue weighted by Gasteiger charge is 2.19. The highest BCUT2D eigenvalue weighted by molar-refractivity contribution is 5.95. The van der Waals surface area contributed by atoms with Gasteiger partial charge in [0.25, 0.3) is 5.91 Å². The van der Waals surface area contributed by atoms with E-state index in [1.54, 1.807) is 24.3 Å². The Kier molecular flexibility index (Phi) is 3.48. The molecule has 2 aromatic rings. The molecule has 3 rings (SSSR count). The first-order valence-electron chi connectivity index (χ1n) is 6.99. The number of nitrogens with zero attached hydrogens (tertiary/aromatic N) is 1. The molecule has 1 aliphatic rings. The average Bonchev–Trinajstić information content (AvgIpc) is 2.48. The van der Waals surface area contributed by atoms with E-state index in [9.17, 15) is 4.79 Å². The van der Waals surface area contributed by atoms with E-state index in [0.29, 0.717) is 17.0 Å². The standard InChI is InChI=1S/C16H17N3O2/c17-11-5-7-12(8-6-11)21-16-13(15(18)20)9-10-3-1-2-4-14(10)19-16/h5-9H,1-4,17H2,(H2,18,20). The number of anilines is 1. The Balaban J connectivity index is 1.99. The Bertz CT molecular complexity index is 681. The third-order valence-electron chi connectivity index (χ3n) is 3.63. The average molecular weight is 283 g/mol. The number of ether oxygens (including phenoxy) is 1. The molecule has 0 spiro atoms. The number of rotatable bonds is 3. The van der Waals surface area contributed by atoms with Gasteiger partial charge in [-0.1, -0.05) is 0 Å². The Hall–Kier alpha value is -2.56. The molecule has 0 bridgehead atoms. The SMILES string of the molecule is NC(=O)c1cc2c(nc1Oc1ccc(N)cc1)CCCC2. The highest BCUT2D eigenvalue weighted by Crippen LogP contribution is 2.29. The molecule has 108 valence electrons. The normalized spacial score (nSPS) is 13.5. The fourth-order valence-electron chi connectivity index (χ4n) is 2.52. The predicted molar refractivity (Wildman–Crippen MR) is 80.3 cm³/mol. The summed E-state index contributed by atoms with van der Waals surface area (Å²) in [6, 6.07) is 8.76. The predicted octanol–water partition coefficient (Wildman–Crippen LogP) is 2.43. The molecule has 5 nitrogen and oxygen atoms in total. The molecule has 0 aliphatic heterocycles. The number of carbonyl (C=O) groups is 1. The van der Waals surface area contributed by atoms with Crippen molar-refractivity contribution in [2.75, 3.05) is 5.73 Å². The monoisotopic (exact) mass is 283 g/mol. The number of carbonyl (C=O) groups excluding carboxylic acids is 1. The third-order valence-corrected chi connectivity index (χ3v) is 3.63. The lowest BCUT2D eigenvalue weighted by Gasteiger charge is -2.17. The van der Waals surface area contributed by atoms with Gasteiger partial charge in [-0.2, -0.15) is 0 Å². The van der Waals surface area contributed by atoms with Crippen molar-refractivity contribution in [1.29, 1.82) is 0 Å². The van der Waals surface area contributed by atoms with Crippen LogP contribution in [0.5, 0.6) is 11.6 Å². The van der Waals surface area contributed by atoms with Gasteiger partial charge in [-0.05, 0) is 61.6 Å². The second kappa shape index (κ2) is 5.44. The van der Waals surface area contributed by atoms with Crippen molar-refractivity contribution in [2.24, 2.45) is 5.73 Å². The fourth-order valence-corrected chi connectivity index (χ4v) is 2.52. The molecule has 0 saturated carbocycles. The molecule has 4 N–H and O–H groups in total. The highest BCUT2D eigenvalue weighted by atomic mass is 16.5. The maximum atomic E-state index is 11.6. The summed E-state index contributed by atoms with van der Waals surface area (Å²) >= 11 is 0. The lowest BCUT2D eigenvalue weighted by Crippen LogP contribution is -2.16. The van der Waals surface area contributed by atoms with Crippen LogP contribution in [-0.2, 0) is 12.8 Å². The molecule has 21 heavy (non-hydrogen) atoms. The first kappa shape index (κ1) is 13.4. The van der Waals surface area contributed by atoms with E-state index in [4.69, 9.17) is 16.2 Å². The Labute approximate surface area is 122 Å². The molecule has 1 amide bonds. The Morgan fingerprint density at radius 3 is 2.57 bits per heavy atom. The molecule has 5 heteroatoms. The summed E-state index contributed by atoms with van der Waals surface area (Å²) in [6.07, 6.45) is 4.07. The zero-order valence-electron chi connectivity index (χ0n) is 11.6. The maximum absolute atomic E-state index is 11.6. The van der Waals surface area contributed by atoms with Gasteiger partial charge in [0, 0.05) is 11.4 Å². The van der Waals surface area contributed by atoms with Gasteiger partial charge in [0.15, 0.2) is 0 Å². The van der Waals surface area contributed by atoms with Crippen molar-refractivity contribution in [2.45, 2.75) is 25.7 Å². The smallest absolute Gasteiger partial charge is 0.254 e. The van der Waals surface area contributed by atoms with Gasteiger partial charge in [0.05, 0.1) is 0 Å². The molecule has 0 saturated heterocycles. The minimum absolute atomic E-state index is 0.271. The fraction of sp³-hybridized carbons (Fsp3) is 0.250. The van der Waals surface area contributed by atoms with Crippen molar-refractivity contribution >= 4 is 11.6 Å². The van der Waals surface area contributed by atoms with Gasteiger partial charge >= 0.3 is 0 Å². The van der Waals surface area contributed by atoms with E-state index in [1.165, 1.54) is 0 Å². The van der Waals surface area contributed by atoms with Crippen molar-refractivity contribution in [3.63, 3.8) is 0 Å². The van der Waals surface area contributed by atoms with E-state index < -0.39 is 5.91 Å². The van der Waals surface area contributed by atoms with Crippen LogP contribution in [0, 0.1) is 0 Å². The summed E-state index contributed by atoms with van der Waals surface area (Å²) < 4.78 is 5.72. The van der Waals surface area contributed by atoms with Crippen LogP contribution < -0.4 is 16.2 Å². The molecule has 0 unspecified atom stereocenters. The number of aryl methyl sites for hydroxylation is 2. The van der Waals surface area contributed by atoms with Crippen LogP contribution in [-0.4, -0.2) is 10.9 Å². The minimum Gasteiger partial charge on any atom is -0.438 e. The Morgan fingerprint density at radius 1 is 1.14 bits per heavy atom. The number of amides is 1. The van der Waals surface area contributed by atoms with E-state index in [2.05, 4.69) is 4.98 Å². The summed E-state index contributed by atoms with van der Waals surface area (Å²) in [4.78, 5) is 16.1. The number of nitrogens with two attached hydrogens (primary N) is 2. The molecule has 1 aromatic heterocycles. The molecule has 0 radical (unpaired) electrons. The summed E-state index contributed by atoms with van der Waals surface area (Å²) in [7, 11) is 0. The van der Waals surface area contributed by atoms with Crippen molar-refractivity contribution in [1.82, 2.24) is 4.98 Å². The lowest BCUT2D eigenvalue weighted by atomic mass is 9.95. The number of primary amides is 1. The van der Waals surface area contributed by atoms with Gasteiger partial charge in [0.2, 0.25) is 5.88 Å². The number of aromatic nitrogens is 1. The van der Waals surface area contributed by atoms with Crippen molar-refractivity contribution < 1.29 is 9.53 Å². The second-order valence-corrected chi connectivity index (χ2v) is 5.19. The number of hydrogen-bond donors (Lipinski definition) is 2. The van der Waals surface area contributed by atoms with Crippen LogP contribution in [0.25, 0.3) is 0 Å². The quantitative estimate of drug-likeness (QED) is 0.846. The zero-order valence-corrected chi connectivity index (χ0v) is 11.6. The van der Waals surface area contributed by atoms with Gasteiger partial charge in [-0.25, -0.2) is 4.98 Å². The largest absolute Gasteiger partial charge is 0.438 e. The molecule has 1 aliphatic carbocycles. The third kappa shape index (κ3) is 2.81. The summed E-state index contributed by atoms with van der Waals surface area (Å²) in [6.45, 7) is 0. The van der Waals surface area contributed by atoms with Crippen LogP contribution >= 0.6 is 0 Å². The van der Waals surface area contributed by atoms with Gasteiger partial charge in [0.1, 0.15) is 11.3 Å². The first-order chi connectivity index (χ1) is 10.1. The number of hydrogen-bond acceptors (Lipinski definition) is 4. The molecule has 1 heterocycles. The van der Waals surface area contributed by atoms with E-state index in [1.807, 2.05) is 6.07 Å². The topological polar surface area (TPSA) is 91.2 Å². The summed E-state index contributed by atoms with van der Waals surface area (Å²) in [5.74, 6) is 0.323. The molecule has 0 atom stereocenters. The van der Waals surface area contributed by atoms with Gasteiger partial charge in [-0.3, -0.25) is 4.79 Å². The maximum Gasteiger partial charge on any atom is 0.254 e. The number of benzene rings is 1. The summed E-state index contributed by atoms with van der Waals surface area (Å²) in [5.41, 5.74) is 14.2. The minimum atomic E-state index is -0.527. The van der Waals surface area contributed by atoms with Crippen LogP contribution in [0.2, 0.25) is 0 Å². The van der Waals surface area contributed by atoms with Crippen molar-refractivity contribution in [3.05, 3.63) is 47.2 Å². The van der Waals surface area contributed by atoms with Gasteiger partial charge in [-0.15, -0.1) is 0 Å². The molecular weight excluding hydrogens is 266 g/mol. The zero-order chi connectivity index (χ0) is 14.8. The summed E-state index contributed by atoms with van der Waals surface area (Å²) in [5, 5.41) is 0. The number of pyridine rings is 1. The molecular formula is C16H17N3O2. The van der Waals surface area contributed by atoms with Crippen LogP contribution in [0.1, 0.15) is 34.5 Å². The number of fused-ring (bicyclic) bond motifs is 1. The van der Waals surface area contributed by atoms with Gasteiger partial charge < -0.3 is 16.2 Å². The van der Waals surface area contributed by atoms with E-state index in [-0.39, 0.29) is 5.88 Å². The molecule has 1 aromatic carbocycles. The Morgan fingerprint density at radius 2 is 1.86 bits per heavy atom. The van der Waals surface area contributed by atoms with Crippen molar-refractivity contribution in [3.8, 4) is 11.6 Å². The van der Waals surface area contributed by atoms with Crippen LogP contribution in [0.4, 0.5) is 5.69 Å². The first-order valence-corrected chi connectivity index (χ1v) is 6.99. The van der Waals surface area contributed by atoms with Crippen LogP contribution in [0.3, 0.4) is 0 Å².